The Bertz CT molecular complexity index is 1610. The molecule has 0 aliphatic rings. The van der Waals surface area contributed by atoms with E-state index in [9.17, 15) is 9.59 Å². The Morgan fingerprint density at radius 3 is 2.23 bits per heavy atom. The summed E-state index contributed by atoms with van der Waals surface area (Å²) >= 11 is 5.43. The Morgan fingerprint density at radius 2 is 1.51 bits per heavy atom. The van der Waals surface area contributed by atoms with Crippen LogP contribution in [0.5, 0.6) is 11.5 Å². The van der Waals surface area contributed by atoms with Crippen molar-refractivity contribution in [1.29, 1.82) is 0 Å². The van der Waals surface area contributed by atoms with E-state index in [1.807, 2.05) is 60.7 Å². The van der Waals surface area contributed by atoms with Crippen molar-refractivity contribution in [3.63, 3.8) is 0 Å². The van der Waals surface area contributed by atoms with Crippen LogP contribution in [-0.2, 0) is 6.54 Å². The molecule has 1 amide bonds. The Balaban J connectivity index is 1.34. The number of hydrogen-bond donors (Lipinski definition) is 2. The largest absolute Gasteiger partial charge is 0.457 e. The quantitative estimate of drug-likeness (QED) is 0.286. The van der Waals surface area contributed by atoms with Crippen LogP contribution < -0.4 is 15.6 Å². The highest BCUT2D eigenvalue weighted by Crippen LogP contribution is 2.23. The van der Waals surface area contributed by atoms with Gasteiger partial charge in [0.05, 0.1) is 17.4 Å². The lowest BCUT2D eigenvalue weighted by Gasteiger charge is -2.10. The van der Waals surface area contributed by atoms with Crippen LogP contribution in [0.2, 0.25) is 0 Å². The van der Waals surface area contributed by atoms with Gasteiger partial charge < -0.3 is 15.0 Å². The summed E-state index contributed by atoms with van der Waals surface area (Å²) in [4.78, 5) is 29.0. The van der Waals surface area contributed by atoms with Crippen molar-refractivity contribution in [3.8, 4) is 11.5 Å². The maximum Gasteiger partial charge on any atom is 0.262 e. The van der Waals surface area contributed by atoms with E-state index in [0.29, 0.717) is 39.2 Å². The minimum absolute atomic E-state index is 0.200. The molecule has 0 radical (unpaired) electrons. The highest BCUT2D eigenvalue weighted by Gasteiger charge is 2.11. The molecule has 6 nitrogen and oxygen atoms in total. The average Bonchev–Trinajstić information content (AvgIpc) is 2.88. The van der Waals surface area contributed by atoms with Crippen molar-refractivity contribution in [2.45, 2.75) is 6.54 Å². The van der Waals surface area contributed by atoms with Gasteiger partial charge in [0, 0.05) is 11.3 Å². The van der Waals surface area contributed by atoms with E-state index in [1.54, 1.807) is 42.5 Å². The molecular weight excluding hydrogens is 458 g/mol. The summed E-state index contributed by atoms with van der Waals surface area (Å²) < 4.78 is 7.61. The number of nitrogens with zero attached hydrogens (tertiary/aromatic N) is 1. The molecule has 1 heterocycles. The number of hydrogen-bond acceptors (Lipinski definition) is 4. The molecule has 7 heteroatoms. The monoisotopic (exact) mass is 479 g/mol. The molecule has 0 bridgehead atoms. The summed E-state index contributed by atoms with van der Waals surface area (Å²) in [5.41, 5.74) is 2.33. The molecule has 35 heavy (non-hydrogen) atoms. The lowest BCUT2D eigenvalue weighted by atomic mass is 10.1. The lowest BCUT2D eigenvalue weighted by Crippen LogP contribution is -2.23. The fourth-order valence-corrected chi connectivity index (χ4v) is 4.00. The van der Waals surface area contributed by atoms with Crippen molar-refractivity contribution >= 4 is 34.7 Å². The molecule has 0 spiro atoms. The highest BCUT2D eigenvalue weighted by atomic mass is 32.1. The number of carbonyl (C=O) groups excluding carboxylic acids is 1. The van der Waals surface area contributed by atoms with Crippen LogP contribution >= 0.6 is 12.2 Å². The number of carbonyl (C=O) groups is 1. The van der Waals surface area contributed by atoms with Crippen molar-refractivity contribution in [2.24, 2.45) is 0 Å². The van der Waals surface area contributed by atoms with Gasteiger partial charge in [-0.05, 0) is 72.4 Å². The third-order valence-electron chi connectivity index (χ3n) is 5.52. The van der Waals surface area contributed by atoms with Crippen molar-refractivity contribution < 1.29 is 9.53 Å². The van der Waals surface area contributed by atoms with Crippen molar-refractivity contribution in [3.05, 3.63) is 129 Å². The number of amides is 1. The minimum atomic E-state index is -0.295. The van der Waals surface area contributed by atoms with Crippen LogP contribution in [0.1, 0.15) is 15.9 Å². The van der Waals surface area contributed by atoms with E-state index in [-0.39, 0.29) is 11.5 Å². The van der Waals surface area contributed by atoms with E-state index >= 15 is 0 Å². The number of anilines is 1. The first-order chi connectivity index (χ1) is 17.1. The van der Waals surface area contributed by atoms with Crippen LogP contribution in [-0.4, -0.2) is 15.5 Å². The summed E-state index contributed by atoms with van der Waals surface area (Å²) in [6.45, 7) is 0.372. The number of fused-ring (bicyclic) bond motifs is 1. The molecule has 0 saturated carbocycles. The van der Waals surface area contributed by atoms with Gasteiger partial charge in [-0.15, -0.1) is 0 Å². The molecule has 2 N–H and O–H groups in total. The Morgan fingerprint density at radius 1 is 0.857 bits per heavy atom. The van der Waals surface area contributed by atoms with E-state index in [2.05, 4.69) is 10.3 Å². The predicted octanol–water partition coefficient (Wildman–Crippen LogP) is 6.15. The first-order valence-corrected chi connectivity index (χ1v) is 11.4. The van der Waals surface area contributed by atoms with Gasteiger partial charge in [-0.3, -0.25) is 14.2 Å². The van der Waals surface area contributed by atoms with Crippen LogP contribution in [0.15, 0.2) is 108 Å². The molecule has 0 atom stereocenters. The van der Waals surface area contributed by atoms with Crippen molar-refractivity contribution in [2.75, 3.05) is 5.32 Å². The molecule has 0 fully saturated rings. The molecule has 0 saturated heterocycles. The first kappa shape index (κ1) is 22.3. The van der Waals surface area contributed by atoms with Crippen LogP contribution in [0, 0.1) is 4.77 Å². The summed E-state index contributed by atoms with van der Waals surface area (Å²) in [6.07, 6.45) is 0. The second-order valence-electron chi connectivity index (χ2n) is 7.96. The zero-order chi connectivity index (χ0) is 24.2. The number of benzene rings is 4. The molecule has 172 valence electrons. The zero-order valence-electron chi connectivity index (χ0n) is 18.6. The Kier molecular flexibility index (Phi) is 6.24. The predicted molar refractivity (Wildman–Crippen MR) is 140 cm³/mol. The summed E-state index contributed by atoms with van der Waals surface area (Å²) in [5.74, 6) is 1.11. The maximum atomic E-state index is 13.1. The summed E-state index contributed by atoms with van der Waals surface area (Å²) in [5, 5.41) is 3.34. The summed E-state index contributed by atoms with van der Waals surface area (Å²) in [6, 6.07) is 31.2. The number of para-hydroxylation sites is 1. The second kappa shape index (κ2) is 9.79. The van der Waals surface area contributed by atoms with Crippen molar-refractivity contribution in [1.82, 2.24) is 9.55 Å². The smallest absolute Gasteiger partial charge is 0.262 e. The SMILES string of the molecule is O=C(Nc1ccc(Oc2ccccc2)cc1)c1ccc2c(=O)n(Cc3ccccc3)c(=S)[nH]c2c1. The third kappa shape index (κ3) is 5.05. The molecule has 1 aromatic heterocycles. The Labute approximate surface area is 206 Å². The van der Waals surface area contributed by atoms with Crippen LogP contribution in [0.3, 0.4) is 0 Å². The molecule has 0 unspecified atom stereocenters. The van der Waals surface area contributed by atoms with E-state index < -0.39 is 0 Å². The molecule has 0 aliphatic carbocycles. The number of aromatic amines is 1. The fraction of sp³-hybridized carbons (Fsp3) is 0.0357. The molecule has 0 aliphatic heterocycles. The molecule has 5 aromatic rings. The van der Waals surface area contributed by atoms with E-state index in [1.165, 1.54) is 4.57 Å². The Hall–Kier alpha value is -4.49. The zero-order valence-corrected chi connectivity index (χ0v) is 19.4. The maximum absolute atomic E-state index is 13.1. The van der Waals surface area contributed by atoms with Gasteiger partial charge >= 0.3 is 0 Å². The summed E-state index contributed by atoms with van der Waals surface area (Å²) in [7, 11) is 0. The topological polar surface area (TPSA) is 76.1 Å². The molecule has 5 rings (SSSR count). The van der Waals surface area contributed by atoms with Gasteiger partial charge in [-0.2, -0.15) is 0 Å². The standard InChI is InChI=1S/C28H21N3O3S/c32-26(29-21-12-14-23(15-13-21)34-22-9-5-2-6-10-22)20-11-16-24-25(17-20)30-28(35)31(27(24)33)18-19-7-3-1-4-8-19/h1-17H,18H2,(H,29,32)(H,30,35). The average molecular weight is 480 g/mol. The van der Waals surface area contributed by atoms with Gasteiger partial charge in [0.25, 0.3) is 11.5 Å². The van der Waals surface area contributed by atoms with Gasteiger partial charge in [0.15, 0.2) is 4.77 Å². The number of aromatic nitrogens is 2. The van der Waals surface area contributed by atoms with Gasteiger partial charge in [0.2, 0.25) is 0 Å². The van der Waals surface area contributed by atoms with E-state index in [4.69, 9.17) is 17.0 Å². The van der Waals surface area contributed by atoms with Gasteiger partial charge in [0.1, 0.15) is 11.5 Å². The number of ether oxygens (including phenoxy) is 1. The van der Waals surface area contributed by atoms with E-state index in [0.717, 1.165) is 11.3 Å². The van der Waals surface area contributed by atoms with Gasteiger partial charge in [-0.1, -0.05) is 48.5 Å². The third-order valence-corrected chi connectivity index (χ3v) is 5.84. The first-order valence-electron chi connectivity index (χ1n) is 11.0. The van der Waals surface area contributed by atoms with Crippen LogP contribution in [0.4, 0.5) is 5.69 Å². The van der Waals surface area contributed by atoms with Crippen LogP contribution in [0.25, 0.3) is 10.9 Å². The lowest BCUT2D eigenvalue weighted by molar-refractivity contribution is 0.102. The normalized spacial score (nSPS) is 10.7. The van der Waals surface area contributed by atoms with Gasteiger partial charge in [-0.25, -0.2) is 0 Å². The molecular formula is C28H21N3O3S. The number of H-pyrrole nitrogens is 1. The fourth-order valence-electron chi connectivity index (χ4n) is 3.74. The molecule has 4 aromatic carbocycles. The minimum Gasteiger partial charge on any atom is -0.457 e. The number of rotatable bonds is 6. The number of nitrogens with one attached hydrogen (secondary N) is 2. The highest BCUT2D eigenvalue weighted by molar-refractivity contribution is 7.71. The second-order valence-corrected chi connectivity index (χ2v) is 8.35.